The zero-order valence-corrected chi connectivity index (χ0v) is 15.2. The van der Waals surface area contributed by atoms with Crippen molar-refractivity contribution < 1.29 is 9.21 Å². The molecule has 1 fully saturated rings. The predicted molar refractivity (Wildman–Crippen MR) is 94.8 cm³/mol. The number of furan rings is 1. The number of carbonyl (C=O) groups is 1. The summed E-state index contributed by atoms with van der Waals surface area (Å²) in [5, 5.41) is 4.25. The van der Waals surface area contributed by atoms with Crippen molar-refractivity contribution in [2.45, 2.75) is 46.2 Å². The Hall–Kier alpha value is -1.66. The Labute approximate surface area is 147 Å². The van der Waals surface area contributed by atoms with Crippen molar-refractivity contribution in [3.05, 3.63) is 39.7 Å². The molecule has 3 heterocycles. The number of likely N-dealkylation sites (tertiary alicyclic amines) is 1. The molecular formula is C18H25N3O2S. The molecule has 0 aromatic carbocycles. The highest BCUT2D eigenvalue weighted by Crippen LogP contribution is 2.21. The van der Waals surface area contributed by atoms with Crippen LogP contribution in [0.15, 0.2) is 22.8 Å². The molecule has 0 unspecified atom stereocenters. The number of aromatic nitrogens is 1. The lowest BCUT2D eigenvalue weighted by Crippen LogP contribution is -2.42. The Kier molecular flexibility index (Phi) is 5.68. The maximum Gasteiger partial charge on any atom is 0.224 e. The van der Waals surface area contributed by atoms with Gasteiger partial charge in [-0.15, -0.1) is 11.3 Å². The van der Waals surface area contributed by atoms with Crippen molar-refractivity contribution in [2.75, 3.05) is 13.1 Å². The van der Waals surface area contributed by atoms with Crippen LogP contribution in [0, 0.1) is 12.8 Å². The number of amides is 1. The number of thiazole rings is 1. The first-order valence-electron chi connectivity index (χ1n) is 8.63. The van der Waals surface area contributed by atoms with Crippen LogP contribution in [0.2, 0.25) is 0 Å². The van der Waals surface area contributed by atoms with E-state index in [1.807, 2.05) is 19.1 Å². The van der Waals surface area contributed by atoms with Crippen LogP contribution in [0.4, 0.5) is 0 Å². The van der Waals surface area contributed by atoms with Crippen molar-refractivity contribution in [2.24, 2.45) is 5.92 Å². The highest BCUT2D eigenvalue weighted by Gasteiger charge is 2.26. The summed E-state index contributed by atoms with van der Waals surface area (Å²) in [5.74, 6) is 1.18. The molecule has 1 atom stereocenters. The summed E-state index contributed by atoms with van der Waals surface area (Å²) in [6, 6.07) is 3.90. The number of carbonyl (C=O) groups excluding carboxylic acids is 1. The van der Waals surface area contributed by atoms with Gasteiger partial charge in [-0.1, -0.05) is 6.92 Å². The van der Waals surface area contributed by atoms with Gasteiger partial charge in [0.15, 0.2) is 0 Å². The molecule has 2 aromatic heterocycles. The molecule has 24 heavy (non-hydrogen) atoms. The van der Waals surface area contributed by atoms with Crippen LogP contribution < -0.4 is 5.32 Å². The van der Waals surface area contributed by atoms with Crippen molar-refractivity contribution in [1.29, 1.82) is 0 Å². The number of hydrogen-bond acceptors (Lipinski definition) is 5. The average molecular weight is 347 g/mol. The molecule has 0 spiro atoms. The number of hydrogen-bond donors (Lipinski definition) is 1. The summed E-state index contributed by atoms with van der Waals surface area (Å²) in [5.41, 5.74) is 1.04. The number of nitrogens with zero attached hydrogens (tertiary/aromatic N) is 2. The zero-order chi connectivity index (χ0) is 16.9. The van der Waals surface area contributed by atoms with Gasteiger partial charge in [0.1, 0.15) is 5.76 Å². The minimum absolute atomic E-state index is 0.0626. The molecule has 1 amide bonds. The predicted octanol–water partition coefficient (Wildman–Crippen LogP) is 3.14. The average Bonchev–Trinajstić information content (AvgIpc) is 3.22. The maximum atomic E-state index is 12.5. The van der Waals surface area contributed by atoms with Gasteiger partial charge in [-0.25, -0.2) is 4.98 Å². The molecule has 0 bridgehead atoms. The maximum absolute atomic E-state index is 12.5. The van der Waals surface area contributed by atoms with Gasteiger partial charge in [-0.2, -0.15) is 0 Å². The van der Waals surface area contributed by atoms with Crippen LogP contribution in [-0.4, -0.2) is 28.9 Å². The monoisotopic (exact) mass is 347 g/mol. The third-order valence-corrected chi connectivity index (χ3v) is 5.80. The molecule has 130 valence electrons. The zero-order valence-electron chi connectivity index (χ0n) is 14.4. The van der Waals surface area contributed by atoms with Gasteiger partial charge >= 0.3 is 0 Å². The van der Waals surface area contributed by atoms with Gasteiger partial charge in [0.05, 0.1) is 36.0 Å². The third kappa shape index (κ3) is 4.24. The lowest BCUT2D eigenvalue weighted by Gasteiger charge is -2.31. The molecule has 0 saturated carbocycles. The van der Waals surface area contributed by atoms with Crippen LogP contribution in [0.25, 0.3) is 0 Å². The molecule has 1 aliphatic heterocycles. The second kappa shape index (κ2) is 7.94. The van der Waals surface area contributed by atoms with Crippen LogP contribution in [0.1, 0.15) is 41.1 Å². The molecule has 5 nitrogen and oxygen atoms in total. The first kappa shape index (κ1) is 17.2. The topological polar surface area (TPSA) is 58.4 Å². The van der Waals surface area contributed by atoms with E-state index in [9.17, 15) is 4.79 Å². The van der Waals surface area contributed by atoms with Gasteiger partial charge < -0.3 is 9.73 Å². The highest BCUT2D eigenvalue weighted by atomic mass is 32.1. The quantitative estimate of drug-likeness (QED) is 0.872. The van der Waals surface area contributed by atoms with Gasteiger partial charge in [-0.05, 0) is 44.9 Å². The molecule has 3 rings (SSSR count). The standard InChI is InChI=1S/C18H25N3O2S/c1-3-17-20-13(2)16(24-17)10-19-18(22)14-6-4-8-21(11-14)12-15-7-5-9-23-15/h5,7,9,14H,3-4,6,8,10-12H2,1-2H3,(H,19,22)/t14-/m1/s1. The van der Waals surface area contributed by atoms with Crippen molar-refractivity contribution in [3.63, 3.8) is 0 Å². The summed E-state index contributed by atoms with van der Waals surface area (Å²) in [7, 11) is 0. The number of rotatable bonds is 6. The fraction of sp³-hybridized carbons (Fsp3) is 0.556. The van der Waals surface area contributed by atoms with E-state index in [4.69, 9.17) is 4.42 Å². The molecule has 2 aromatic rings. The SMILES string of the molecule is CCc1nc(C)c(CNC(=O)[C@@H]2CCCN(Cc3ccco3)C2)s1. The van der Waals surface area contributed by atoms with E-state index >= 15 is 0 Å². The van der Waals surface area contributed by atoms with Crippen molar-refractivity contribution in [3.8, 4) is 0 Å². The molecule has 1 saturated heterocycles. The third-order valence-electron chi connectivity index (χ3n) is 4.50. The summed E-state index contributed by atoms with van der Waals surface area (Å²) in [6.45, 7) is 7.33. The highest BCUT2D eigenvalue weighted by molar-refractivity contribution is 7.11. The molecule has 0 radical (unpaired) electrons. The summed E-state index contributed by atoms with van der Waals surface area (Å²) >= 11 is 1.70. The van der Waals surface area contributed by atoms with E-state index in [1.54, 1.807) is 17.6 Å². The summed E-state index contributed by atoms with van der Waals surface area (Å²) < 4.78 is 5.42. The van der Waals surface area contributed by atoms with E-state index < -0.39 is 0 Å². The molecule has 6 heteroatoms. The summed E-state index contributed by atoms with van der Waals surface area (Å²) in [6.07, 6.45) is 4.66. The van der Waals surface area contributed by atoms with Crippen molar-refractivity contribution in [1.82, 2.24) is 15.2 Å². The van der Waals surface area contributed by atoms with Crippen molar-refractivity contribution >= 4 is 17.2 Å². The Balaban J connectivity index is 1.51. The Morgan fingerprint density at radius 1 is 1.54 bits per heavy atom. The Morgan fingerprint density at radius 3 is 3.12 bits per heavy atom. The van der Waals surface area contributed by atoms with Gasteiger partial charge in [0.25, 0.3) is 0 Å². The largest absolute Gasteiger partial charge is 0.468 e. The molecule has 1 aliphatic rings. The normalized spacial score (nSPS) is 18.7. The summed E-state index contributed by atoms with van der Waals surface area (Å²) in [4.78, 5) is 20.5. The van der Waals surface area contributed by atoms with Crippen LogP contribution >= 0.6 is 11.3 Å². The fourth-order valence-corrected chi connectivity index (χ4v) is 4.10. The first-order valence-corrected chi connectivity index (χ1v) is 9.45. The molecular weight excluding hydrogens is 322 g/mol. The van der Waals surface area contributed by atoms with E-state index in [2.05, 4.69) is 22.1 Å². The molecule has 1 N–H and O–H groups in total. The lowest BCUT2D eigenvalue weighted by molar-refractivity contribution is -0.127. The molecule has 0 aliphatic carbocycles. The van der Waals surface area contributed by atoms with Crippen LogP contribution in [0.3, 0.4) is 0 Å². The van der Waals surface area contributed by atoms with E-state index in [-0.39, 0.29) is 11.8 Å². The second-order valence-electron chi connectivity index (χ2n) is 6.34. The lowest BCUT2D eigenvalue weighted by atomic mass is 9.97. The number of piperidine rings is 1. The van der Waals surface area contributed by atoms with Gasteiger partial charge in [0.2, 0.25) is 5.91 Å². The van der Waals surface area contributed by atoms with E-state index in [0.29, 0.717) is 6.54 Å². The van der Waals surface area contributed by atoms with E-state index in [0.717, 1.165) is 55.4 Å². The minimum Gasteiger partial charge on any atom is -0.468 e. The number of aryl methyl sites for hydroxylation is 2. The Morgan fingerprint density at radius 2 is 2.42 bits per heavy atom. The minimum atomic E-state index is 0.0626. The van der Waals surface area contributed by atoms with E-state index in [1.165, 1.54) is 4.88 Å². The van der Waals surface area contributed by atoms with Crippen LogP contribution in [-0.2, 0) is 24.3 Å². The smallest absolute Gasteiger partial charge is 0.224 e. The fourth-order valence-electron chi connectivity index (χ4n) is 3.15. The second-order valence-corrected chi connectivity index (χ2v) is 7.51. The Bertz CT molecular complexity index is 666. The van der Waals surface area contributed by atoms with Gasteiger partial charge in [0, 0.05) is 11.4 Å². The first-order chi connectivity index (χ1) is 11.7. The van der Waals surface area contributed by atoms with Gasteiger partial charge in [-0.3, -0.25) is 9.69 Å². The van der Waals surface area contributed by atoms with Crippen LogP contribution in [0.5, 0.6) is 0 Å². The number of nitrogens with one attached hydrogen (secondary N) is 1.